The second kappa shape index (κ2) is 5.10. The number of hydrogen-bond donors (Lipinski definition) is 2. The van der Waals surface area contributed by atoms with Gasteiger partial charge in [0, 0.05) is 12.0 Å². The molecule has 2 aliphatic rings. The summed E-state index contributed by atoms with van der Waals surface area (Å²) in [7, 11) is 0. The van der Waals surface area contributed by atoms with Crippen molar-refractivity contribution < 1.29 is 5.11 Å². The van der Waals surface area contributed by atoms with E-state index in [0.717, 1.165) is 17.9 Å². The summed E-state index contributed by atoms with van der Waals surface area (Å²) in [5.74, 6) is 1.41. The Morgan fingerprint density at radius 1 is 1.24 bits per heavy atom. The van der Waals surface area contributed by atoms with Crippen molar-refractivity contribution in [2.24, 2.45) is 23.0 Å². The summed E-state index contributed by atoms with van der Waals surface area (Å²) in [6.07, 6.45) is 4.55. The molecule has 0 aromatic heterocycles. The Bertz CT molecular complexity index is 501. The Labute approximate surface area is 128 Å². The molecule has 2 saturated carbocycles. The molecule has 0 radical (unpaired) electrons. The van der Waals surface area contributed by atoms with Gasteiger partial charge in [0.25, 0.3) is 0 Å². The van der Waals surface area contributed by atoms with Gasteiger partial charge in [0.1, 0.15) is 0 Å². The van der Waals surface area contributed by atoms with Crippen molar-refractivity contribution >= 4 is 0 Å². The molecular weight excluding hydrogens is 258 g/mol. The van der Waals surface area contributed by atoms with E-state index in [1.807, 2.05) is 0 Å². The predicted octanol–water partition coefficient (Wildman–Crippen LogP) is 3.78. The van der Waals surface area contributed by atoms with Crippen molar-refractivity contribution in [2.45, 2.75) is 58.0 Å². The van der Waals surface area contributed by atoms with Gasteiger partial charge in [-0.15, -0.1) is 0 Å². The zero-order valence-corrected chi connectivity index (χ0v) is 13.6. The van der Waals surface area contributed by atoms with E-state index in [1.165, 1.54) is 24.8 Å². The van der Waals surface area contributed by atoms with E-state index in [1.54, 1.807) is 0 Å². The van der Waals surface area contributed by atoms with Crippen molar-refractivity contribution in [3.8, 4) is 0 Å². The summed E-state index contributed by atoms with van der Waals surface area (Å²) in [6.45, 7) is 7.26. The Balaban J connectivity index is 1.86. The molecule has 4 atom stereocenters. The van der Waals surface area contributed by atoms with E-state index >= 15 is 0 Å². The van der Waals surface area contributed by atoms with Crippen LogP contribution in [0.3, 0.4) is 0 Å². The molecular formula is C19H29NO. The molecule has 2 fully saturated rings. The summed E-state index contributed by atoms with van der Waals surface area (Å²) in [5.41, 5.74) is 8.57. The topological polar surface area (TPSA) is 46.2 Å². The maximum Gasteiger partial charge on any atom is 0.0861 e. The van der Waals surface area contributed by atoms with Gasteiger partial charge in [0.15, 0.2) is 0 Å². The van der Waals surface area contributed by atoms with Crippen LogP contribution in [-0.4, -0.2) is 11.7 Å². The van der Waals surface area contributed by atoms with Crippen LogP contribution in [0.5, 0.6) is 0 Å². The van der Waals surface area contributed by atoms with Crippen molar-refractivity contribution in [3.63, 3.8) is 0 Å². The van der Waals surface area contributed by atoms with E-state index in [-0.39, 0.29) is 10.8 Å². The first-order chi connectivity index (χ1) is 9.87. The second-order valence-corrected chi connectivity index (χ2v) is 8.29. The summed E-state index contributed by atoms with van der Waals surface area (Å²) in [6, 6.07) is 8.54. The van der Waals surface area contributed by atoms with E-state index in [2.05, 4.69) is 45.0 Å². The molecule has 116 valence electrons. The van der Waals surface area contributed by atoms with Gasteiger partial charge in [-0.3, -0.25) is 0 Å². The molecule has 2 aliphatic carbocycles. The van der Waals surface area contributed by atoms with Gasteiger partial charge in [0.05, 0.1) is 6.10 Å². The average molecular weight is 287 g/mol. The molecule has 3 rings (SSSR count). The number of hydrogen-bond acceptors (Lipinski definition) is 2. The highest BCUT2D eigenvalue weighted by Gasteiger charge is 2.54. The molecule has 1 aromatic rings. The van der Waals surface area contributed by atoms with Crippen LogP contribution in [0.4, 0.5) is 0 Å². The normalized spacial score (nSPS) is 33.4. The summed E-state index contributed by atoms with van der Waals surface area (Å²) in [4.78, 5) is 0. The molecule has 0 spiro atoms. The third kappa shape index (κ3) is 2.43. The molecule has 2 bridgehead atoms. The number of nitrogens with two attached hydrogens (primary N) is 1. The monoisotopic (exact) mass is 287 g/mol. The van der Waals surface area contributed by atoms with Crippen molar-refractivity contribution in [1.82, 2.24) is 0 Å². The van der Waals surface area contributed by atoms with Gasteiger partial charge >= 0.3 is 0 Å². The molecule has 21 heavy (non-hydrogen) atoms. The number of fused-ring (bicyclic) bond motifs is 2. The quantitative estimate of drug-likeness (QED) is 0.888. The van der Waals surface area contributed by atoms with Crippen LogP contribution in [0.1, 0.15) is 63.7 Å². The fourth-order valence-electron chi connectivity index (χ4n) is 4.68. The minimum atomic E-state index is -0.410. The smallest absolute Gasteiger partial charge is 0.0861 e. The maximum atomic E-state index is 11.0. The molecule has 0 heterocycles. The third-order valence-corrected chi connectivity index (χ3v) is 6.04. The molecule has 0 amide bonds. The standard InChI is InChI=1S/C19H29NO/c1-18(2,3)15-8-5-14(6-9-15)17(21)19(12-20)11-13-4-7-16(19)10-13/h5-6,8-9,13,16-17,21H,4,7,10-12,20H2,1-3H3. The molecule has 2 heteroatoms. The van der Waals surface area contributed by atoms with E-state index in [0.29, 0.717) is 12.5 Å². The van der Waals surface area contributed by atoms with Gasteiger partial charge < -0.3 is 10.8 Å². The first kappa shape index (κ1) is 15.1. The summed E-state index contributed by atoms with van der Waals surface area (Å²) in [5, 5.41) is 11.0. The molecule has 1 aromatic carbocycles. The second-order valence-electron chi connectivity index (χ2n) is 8.29. The molecule has 4 unspecified atom stereocenters. The highest BCUT2D eigenvalue weighted by molar-refractivity contribution is 5.30. The van der Waals surface area contributed by atoms with E-state index in [4.69, 9.17) is 5.73 Å². The van der Waals surface area contributed by atoms with Crippen molar-refractivity contribution in [2.75, 3.05) is 6.54 Å². The van der Waals surface area contributed by atoms with E-state index in [9.17, 15) is 5.11 Å². The lowest BCUT2D eigenvalue weighted by molar-refractivity contribution is -0.0130. The first-order valence-electron chi connectivity index (χ1n) is 8.35. The third-order valence-electron chi connectivity index (χ3n) is 6.04. The van der Waals surface area contributed by atoms with Crippen LogP contribution >= 0.6 is 0 Å². The average Bonchev–Trinajstić information content (AvgIpc) is 3.06. The molecule has 0 saturated heterocycles. The molecule has 0 aliphatic heterocycles. The lowest BCUT2D eigenvalue weighted by Crippen LogP contribution is -2.41. The Morgan fingerprint density at radius 3 is 2.33 bits per heavy atom. The fourth-order valence-corrected chi connectivity index (χ4v) is 4.68. The minimum absolute atomic E-state index is 0.0772. The first-order valence-corrected chi connectivity index (χ1v) is 8.35. The predicted molar refractivity (Wildman–Crippen MR) is 87.0 cm³/mol. The maximum absolute atomic E-state index is 11.0. The Morgan fingerprint density at radius 2 is 1.90 bits per heavy atom. The van der Waals surface area contributed by atoms with E-state index < -0.39 is 6.10 Å². The minimum Gasteiger partial charge on any atom is -0.388 e. The highest BCUT2D eigenvalue weighted by Crippen LogP contribution is 2.60. The Kier molecular flexibility index (Phi) is 3.66. The lowest BCUT2D eigenvalue weighted by atomic mass is 9.67. The largest absolute Gasteiger partial charge is 0.388 e. The SMILES string of the molecule is CC(C)(C)c1ccc(C(O)C2(CN)CC3CCC2C3)cc1. The van der Waals surface area contributed by atoms with Crippen LogP contribution in [0.25, 0.3) is 0 Å². The van der Waals surface area contributed by atoms with Gasteiger partial charge in [-0.2, -0.15) is 0 Å². The van der Waals surface area contributed by atoms with Crippen LogP contribution in [-0.2, 0) is 5.41 Å². The van der Waals surface area contributed by atoms with Gasteiger partial charge in [-0.25, -0.2) is 0 Å². The van der Waals surface area contributed by atoms with Crippen molar-refractivity contribution in [3.05, 3.63) is 35.4 Å². The fraction of sp³-hybridized carbons (Fsp3) is 0.684. The van der Waals surface area contributed by atoms with Crippen LogP contribution in [0.15, 0.2) is 24.3 Å². The molecule has 3 N–H and O–H groups in total. The number of rotatable bonds is 3. The van der Waals surface area contributed by atoms with Crippen LogP contribution in [0, 0.1) is 17.3 Å². The highest BCUT2D eigenvalue weighted by atomic mass is 16.3. The zero-order valence-electron chi connectivity index (χ0n) is 13.6. The van der Waals surface area contributed by atoms with Crippen LogP contribution in [0.2, 0.25) is 0 Å². The number of aliphatic hydroxyl groups is 1. The van der Waals surface area contributed by atoms with Gasteiger partial charge in [0.2, 0.25) is 0 Å². The molecule has 2 nitrogen and oxygen atoms in total. The zero-order chi connectivity index (χ0) is 15.3. The summed E-state index contributed by atoms with van der Waals surface area (Å²) >= 11 is 0. The van der Waals surface area contributed by atoms with Gasteiger partial charge in [-0.1, -0.05) is 51.5 Å². The summed E-state index contributed by atoms with van der Waals surface area (Å²) < 4.78 is 0. The van der Waals surface area contributed by atoms with Crippen molar-refractivity contribution in [1.29, 1.82) is 0 Å². The lowest BCUT2D eigenvalue weighted by Gasteiger charge is -2.41. The number of benzene rings is 1. The number of aliphatic hydroxyl groups excluding tert-OH is 1. The van der Waals surface area contributed by atoms with Gasteiger partial charge in [-0.05, 0) is 47.6 Å². The Hall–Kier alpha value is -0.860. The van der Waals surface area contributed by atoms with Crippen LogP contribution < -0.4 is 5.73 Å².